The van der Waals surface area contributed by atoms with Crippen molar-refractivity contribution in [2.24, 2.45) is 0 Å². The van der Waals surface area contributed by atoms with Gasteiger partial charge < -0.3 is 19.3 Å². The van der Waals surface area contributed by atoms with Gasteiger partial charge in [0.2, 0.25) is 11.8 Å². The second-order valence-corrected chi connectivity index (χ2v) is 5.35. The molecule has 0 spiro atoms. The third-order valence-corrected chi connectivity index (χ3v) is 4.07. The molecule has 3 heterocycles. The Morgan fingerprint density at radius 1 is 1.21 bits per heavy atom. The van der Waals surface area contributed by atoms with E-state index in [4.69, 9.17) is 9.47 Å². The lowest BCUT2D eigenvalue weighted by molar-refractivity contribution is -0.143. The van der Waals surface area contributed by atoms with Crippen molar-refractivity contribution in [3.8, 4) is 0 Å². The van der Waals surface area contributed by atoms with Gasteiger partial charge in [0.25, 0.3) is 0 Å². The van der Waals surface area contributed by atoms with Crippen molar-refractivity contribution in [1.82, 2.24) is 9.80 Å². The maximum absolute atomic E-state index is 12.5. The maximum Gasteiger partial charge on any atom is 0.245 e. The summed E-state index contributed by atoms with van der Waals surface area (Å²) in [5.41, 5.74) is 0. The zero-order valence-electron chi connectivity index (χ0n) is 11.0. The summed E-state index contributed by atoms with van der Waals surface area (Å²) in [5, 5.41) is 0. The first-order valence-electron chi connectivity index (χ1n) is 7.03. The molecule has 3 aliphatic rings. The summed E-state index contributed by atoms with van der Waals surface area (Å²) in [7, 11) is 0. The molecule has 3 rings (SSSR count). The van der Waals surface area contributed by atoms with Crippen molar-refractivity contribution in [3.05, 3.63) is 0 Å². The summed E-state index contributed by atoms with van der Waals surface area (Å²) in [6.45, 7) is 3.51. The molecule has 0 saturated carbocycles. The molecule has 0 aromatic rings. The second kappa shape index (κ2) is 5.46. The van der Waals surface area contributed by atoms with Crippen molar-refractivity contribution < 1.29 is 19.1 Å². The van der Waals surface area contributed by atoms with Crippen molar-refractivity contribution in [2.45, 2.75) is 31.4 Å². The van der Waals surface area contributed by atoms with Crippen LogP contribution in [0.25, 0.3) is 0 Å². The number of fused-ring (bicyclic) bond motifs is 1. The SMILES string of the molecule is O=C1C2CCCN2C(=O)CCN1CC1COCCO1. The van der Waals surface area contributed by atoms with Crippen molar-refractivity contribution in [2.75, 3.05) is 39.5 Å². The fourth-order valence-electron chi connectivity index (χ4n) is 3.09. The zero-order valence-corrected chi connectivity index (χ0v) is 11.0. The van der Waals surface area contributed by atoms with Crippen LogP contribution in [0.1, 0.15) is 19.3 Å². The van der Waals surface area contributed by atoms with Crippen molar-refractivity contribution in [3.63, 3.8) is 0 Å². The number of hydrogen-bond donors (Lipinski definition) is 0. The van der Waals surface area contributed by atoms with E-state index in [2.05, 4.69) is 0 Å². The molecule has 0 N–H and O–H groups in total. The molecule has 0 aromatic carbocycles. The van der Waals surface area contributed by atoms with Crippen LogP contribution in [0.4, 0.5) is 0 Å². The highest BCUT2D eigenvalue weighted by Crippen LogP contribution is 2.23. The van der Waals surface area contributed by atoms with E-state index in [1.165, 1.54) is 0 Å². The van der Waals surface area contributed by atoms with Crippen LogP contribution >= 0.6 is 0 Å². The van der Waals surface area contributed by atoms with Crippen LogP contribution < -0.4 is 0 Å². The molecule has 106 valence electrons. The topological polar surface area (TPSA) is 59.1 Å². The van der Waals surface area contributed by atoms with Crippen LogP contribution in [-0.4, -0.2) is 73.2 Å². The number of hydrogen-bond acceptors (Lipinski definition) is 4. The molecule has 0 aromatic heterocycles. The Balaban J connectivity index is 1.67. The highest BCUT2D eigenvalue weighted by molar-refractivity contribution is 5.90. The third kappa shape index (κ3) is 2.60. The predicted molar refractivity (Wildman–Crippen MR) is 66.5 cm³/mol. The molecule has 0 bridgehead atoms. The summed E-state index contributed by atoms with van der Waals surface area (Å²) in [5.74, 6) is 0.191. The van der Waals surface area contributed by atoms with E-state index in [-0.39, 0.29) is 24.0 Å². The summed E-state index contributed by atoms with van der Waals surface area (Å²) < 4.78 is 10.9. The van der Waals surface area contributed by atoms with Gasteiger partial charge in [0.1, 0.15) is 6.04 Å². The van der Waals surface area contributed by atoms with Gasteiger partial charge in [0.05, 0.1) is 25.9 Å². The predicted octanol–water partition coefficient (Wildman–Crippen LogP) is -0.375. The van der Waals surface area contributed by atoms with E-state index in [1.54, 1.807) is 9.80 Å². The Morgan fingerprint density at radius 3 is 2.89 bits per heavy atom. The van der Waals surface area contributed by atoms with Gasteiger partial charge in [-0.1, -0.05) is 0 Å². The molecule has 3 aliphatic heterocycles. The minimum atomic E-state index is -0.237. The van der Waals surface area contributed by atoms with Crippen LogP contribution in [-0.2, 0) is 19.1 Å². The van der Waals surface area contributed by atoms with E-state index in [9.17, 15) is 9.59 Å². The average molecular weight is 268 g/mol. The lowest BCUT2D eigenvalue weighted by Gasteiger charge is -2.30. The fraction of sp³-hybridized carbons (Fsp3) is 0.846. The number of nitrogens with zero attached hydrogens (tertiary/aromatic N) is 2. The largest absolute Gasteiger partial charge is 0.376 e. The number of amides is 2. The molecule has 2 amide bonds. The highest BCUT2D eigenvalue weighted by Gasteiger charge is 2.39. The number of rotatable bonds is 2. The maximum atomic E-state index is 12.5. The van der Waals surface area contributed by atoms with Gasteiger partial charge in [0, 0.05) is 26.1 Å². The van der Waals surface area contributed by atoms with E-state index in [0.717, 1.165) is 19.4 Å². The average Bonchev–Trinajstić information content (AvgIpc) is 2.89. The minimum Gasteiger partial charge on any atom is -0.376 e. The lowest BCUT2D eigenvalue weighted by Crippen LogP contribution is -2.47. The van der Waals surface area contributed by atoms with Gasteiger partial charge in [-0.25, -0.2) is 0 Å². The monoisotopic (exact) mass is 268 g/mol. The first-order valence-corrected chi connectivity index (χ1v) is 7.03. The zero-order chi connectivity index (χ0) is 13.2. The van der Waals surface area contributed by atoms with E-state index < -0.39 is 0 Å². The molecule has 6 nitrogen and oxygen atoms in total. The smallest absolute Gasteiger partial charge is 0.245 e. The van der Waals surface area contributed by atoms with Gasteiger partial charge in [-0.2, -0.15) is 0 Å². The fourth-order valence-corrected chi connectivity index (χ4v) is 3.09. The Kier molecular flexibility index (Phi) is 3.70. The molecule has 3 saturated heterocycles. The normalized spacial score (nSPS) is 32.4. The van der Waals surface area contributed by atoms with Crippen LogP contribution in [0.15, 0.2) is 0 Å². The van der Waals surface area contributed by atoms with Gasteiger partial charge in [0.15, 0.2) is 0 Å². The van der Waals surface area contributed by atoms with Crippen LogP contribution in [0.5, 0.6) is 0 Å². The van der Waals surface area contributed by atoms with E-state index >= 15 is 0 Å². The van der Waals surface area contributed by atoms with Crippen LogP contribution in [0.2, 0.25) is 0 Å². The molecular weight excluding hydrogens is 248 g/mol. The van der Waals surface area contributed by atoms with Crippen LogP contribution in [0, 0.1) is 0 Å². The molecule has 3 fully saturated rings. The van der Waals surface area contributed by atoms with Crippen molar-refractivity contribution in [1.29, 1.82) is 0 Å². The molecule has 0 radical (unpaired) electrons. The molecule has 2 unspecified atom stereocenters. The van der Waals surface area contributed by atoms with Gasteiger partial charge in [-0.05, 0) is 12.8 Å². The van der Waals surface area contributed by atoms with Crippen LogP contribution in [0.3, 0.4) is 0 Å². The lowest BCUT2D eigenvalue weighted by atomic mass is 10.2. The van der Waals surface area contributed by atoms with Gasteiger partial charge in [-0.3, -0.25) is 9.59 Å². The standard InChI is InChI=1S/C13H20N2O4/c16-12-3-5-14(8-10-9-18-6-7-19-10)13(17)11-2-1-4-15(11)12/h10-11H,1-9H2. The highest BCUT2D eigenvalue weighted by atomic mass is 16.6. The van der Waals surface area contributed by atoms with E-state index in [1.807, 2.05) is 0 Å². The summed E-state index contributed by atoms with van der Waals surface area (Å²) >= 11 is 0. The Morgan fingerprint density at radius 2 is 2.11 bits per heavy atom. The molecule has 6 heteroatoms. The van der Waals surface area contributed by atoms with Gasteiger partial charge >= 0.3 is 0 Å². The molecule has 2 atom stereocenters. The number of carbonyl (C=O) groups excluding carboxylic acids is 2. The Labute approximate surface area is 112 Å². The quantitative estimate of drug-likeness (QED) is 0.685. The molecular formula is C13H20N2O4. The Hall–Kier alpha value is -1.14. The first-order chi connectivity index (χ1) is 9.25. The molecule has 0 aliphatic carbocycles. The third-order valence-electron chi connectivity index (χ3n) is 4.07. The number of ether oxygens (including phenoxy) is 2. The van der Waals surface area contributed by atoms with Crippen molar-refractivity contribution >= 4 is 11.8 Å². The summed E-state index contributed by atoms with van der Waals surface area (Å²) in [4.78, 5) is 28.0. The van der Waals surface area contributed by atoms with Gasteiger partial charge in [-0.15, -0.1) is 0 Å². The summed E-state index contributed by atoms with van der Waals surface area (Å²) in [6.07, 6.45) is 2.10. The first kappa shape index (κ1) is 12.9. The number of carbonyl (C=O) groups is 2. The second-order valence-electron chi connectivity index (χ2n) is 5.35. The Bertz CT molecular complexity index is 368. The molecule has 19 heavy (non-hydrogen) atoms. The summed E-state index contributed by atoms with van der Waals surface area (Å²) in [6, 6.07) is -0.237. The minimum absolute atomic E-state index is 0.0549. The van der Waals surface area contributed by atoms with E-state index in [0.29, 0.717) is 39.3 Å².